The molecule has 3 heteroatoms. The Labute approximate surface area is 98.4 Å². The van der Waals surface area contributed by atoms with Gasteiger partial charge in [-0.3, -0.25) is 0 Å². The van der Waals surface area contributed by atoms with Gasteiger partial charge in [0.1, 0.15) is 0 Å². The fraction of sp³-hybridized carbons (Fsp3) is 0.692. The first-order chi connectivity index (χ1) is 7.78. The summed E-state index contributed by atoms with van der Waals surface area (Å²) in [5.41, 5.74) is 1.40. The molecule has 0 radical (unpaired) electrons. The lowest BCUT2D eigenvalue weighted by molar-refractivity contribution is 0.226. The highest BCUT2D eigenvalue weighted by Gasteiger charge is 2.16. The molecule has 1 N–H and O–H groups in total. The number of likely N-dealkylation sites (tertiary alicyclic amines) is 1. The second-order valence-corrected chi connectivity index (χ2v) is 4.83. The van der Waals surface area contributed by atoms with E-state index in [2.05, 4.69) is 47.2 Å². The third kappa shape index (κ3) is 3.09. The summed E-state index contributed by atoms with van der Waals surface area (Å²) >= 11 is 0. The van der Waals surface area contributed by atoms with E-state index in [1.54, 1.807) is 0 Å². The van der Waals surface area contributed by atoms with E-state index < -0.39 is 0 Å². The highest BCUT2D eigenvalue weighted by atomic mass is 15.1. The molecule has 0 aliphatic carbocycles. The summed E-state index contributed by atoms with van der Waals surface area (Å²) in [4.78, 5) is 2.42. The van der Waals surface area contributed by atoms with Crippen molar-refractivity contribution in [2.45, 2.75) is 38.9 Å². The van der Waals surface area contributed by atoms with Crippen molar-refractivity contribution >= 4 is 0 Å². The third-order valence-corrected chi connectivity index (χ3v) is 3.40. The van der Waals surface area contributed by atoms with Crippen LogP contribution in [0.5, 0.6) is 0 Å². The first-order valence-corrected chi connectivity index (χ1v) is 6.34. The molecule has 1 unspecified atom stereocenters. The molecule has 3 nitrogen and oxygen atoms in total. The summed E-state index contributed by atoms with van der Waals surface area (Å²) in [5, 5.41) is 3.65. The molecule has 1 aliphatic heterocycles. The predicted octanol–water partition coefficient (Wildman–Crippen LogP) is 1.69. The molecule has 1 aromatic heterocycles. The van der Waals surface area contributed by atoms with E-state index in [4.69, 9.17) is 0 Å². The van der Waals surface area contributed by atoms with Gasteiger partial charge in [0.25, 0.3) is 0 Å². The van der Waals surface area contributed by atoms with Gasteiger partial charge in [0, 0.05) is 38.1 Å². The zero-order chi connectivity index (χ0) is 11.4. The van der Waals surface area contributed by atoms with Crippen molar-refractivity contribution in [3.63, 3.8) is 0 Å². The fourth-order valence-corrected chi connectivity index (χ4v) is 2.39. The van der Waals surface area contributed by atoms with Crippen molar-refractivity contribution in [1.82, 2.24) is 14.8 Å². The van der Waals surface area contributed by atoms with Crippen molar-refractivity contribution in [2.75, 3.05) is 20.1 Å². The Hall–Kier alpha value is -0.800. The molecule has 1 aromatic rings. The van der Waals surface area contributed by atoms with E-state index in [-0.39, 0.29) is 0 Å². The van der Waals surface area contributed by atoms with E-state index in [0.717, 1.165) is 13.1 Å². The molecule has 0 bridgehead atoms. The summed E-state index contributed by atoms with van der Waals surface area (Å²) in [6.45, 7) is 6.68. The zero-order valence-corrected chi connectivity index (χ0v) is 10.4. The van der Waals surface area contributed by atoms with Crippen molar-refractivity contribution < 1.29 is 0 Å². The van der Waals surface area contributed by atoms with Gasteiger partial charge in [-0.05, 0) is 45.0 Å². The van der Waals surface area contributed by atoms with E-state index in [1.165, 1.54) is 31.5 Å². The molecular formula is C13H23N3. The molecule has 1 atom stereocenters. The van der Waals surface area contributed by atoms with Crippen molar-refractivity contribution in [3.05, 3.63) is 24.0 Å². The number of nitrogens with zero attached hydrogens (tertiary/aromatic N) is 2. The van der Waals surface area contributed by atoms with Crippen LogP contribution in [-0.4, -0.2) is 35.6 Å². The number of piperidine rings is 1. The molecule has 2 heterocycles. The second kappa shape index (κ2) is 5.51. The van der Waals surface area contributed by atoms with Gasteiger partial charge >= 0.3 is 0 Å². The van der Waals surface area contributed by atoms with Crippen LogP contribution in [0, 0.1) is 0 Å². The van der Waals surface area contributed by atoms with Crippen LogP contribution in [0.1, 0.15) is 25.3 Å². The minimum absolute atomic E-state index is 0.670. The monoisotopic (exact) mass is 221 g/mol. The fourth-order valence-electron chi connectivity index (χ4n) is 2.39. The number of likely N-dealkylation sites (N-methyl/N-ethyl adjacent to an activating group) is 1. The van der Waals surface area contributed by atoms with Crippen molar-refractivity contribution in [3.8, 4) is 0 Å². The summed E-state index contributed by atoms with van der Waals surface area (Å²) in [5.74, 6) is 0. The van der Waals surface area contributed by atoms with Gasteiger partial charge in [-0.15, -0.1) is 0 Å². The summed E-state index contributed by atoms with van der Waals surface area (Å²) in [6.07, 6.45) is 7.03. The van der Waals surface area contributed by atoms with Gasteiger partial charge in [-0.2, -0.15) is 0 Å². The number of rotatable bonds is 4. The van der Waals surface area contributed by atoms with Crippen LogP contribution in [0.4, 0.5) is 0 Å². The van der Waals surface area contributed by atoms with Crippen LogP contribution in [-0.2, 0) is 13.1 Å². The molecule has 90 valence electrons. The average Bonchev–Trinajstić information content (AvgIpc) is 2.74. The van der Waals surface area contributed by atoms with Gasteiger partial charge in [0.15, 0.2) is 0 Å². The van der Waals surface area contributed by atoms with Crippen LogP contribution in [0.25, 0.3) is 0 Å². The highest BCUT2D eigenvalue weighted by Crippen LogP contribution is 2.09. The average molecular weight is 221 g/mol. The predicted molar refractivity (Wildman–Crippen MR) is 67.5 cm³/mol. The molecule has 0 aromatic carbocycles. The first kappa shape index (κ1) is 11.7. The summed E-state index contributed by atoms with van der Waals surface area (Å²) < 4.78 is 2.23. The maximum absolute atomic E-state index is 3.65. The number of nitrogens with one attached hydrogen (secondary N) is 1. The minimum atomic E-state index is 0.670. The number of aromatic nitrogens is 1. The topological polar surface area (TPSA) is 20.2 Å². The lowest BCUT2D eigenvalue weighted by Gasteiger charge is -2.30. The summed E-state index contributed by atoms with van der Waals surface area (Å²) in [7, 11) is 2.21. The molecule has 2 rings (SSSR count). The third-order valence-electron chi connectivity index (χ3n) is 3.40. The Morgan fingerprint density at radius 1 is 1.50 bits per heavy atom. The lowest BCUT2D eigenvalue weighted by atomic mass is 10.1. The molecule has 1 aliphatic rings. The van der Waals surface area contributed by atoms with Gasteiger partial charge in [-0.1, -0.05) is 0 Å². The quantitative estimate of drug-likeness (QED) is 0.835. The second-order valence-electron chi connectivity index (χ2n) is 4.83. The van der Waals surface area contributed by atoms with Gasteiger partial charge < -0.3 is 14.8 Å². The van der Waals surface area contributed by atoms with Crippen LogP contribution >= 0.6 is 0 Å². The zero-order valence-electron chi connectivity index (χ0n) is 10.4. The standard InChI is InChI=1S/C13H23N3/c1-3-16-8-6-12(10-16)9-14-13-5-4-7-15(2)11-13/h6,8,10,13-14H,3-5,7,9,11H2,1-2H3. The van der Waals surface area contributed by atoms with Gasteiger partial charge in [0.2, 0.25) is 0 Å². The van der Waals surface area contributed by atoms with E-state index in [0.29, 0.717) is 6.04 Å². The molecule has 0 spiro atoms. The van der Waals surface area contributed by atoms with Crippen LogP contribution in [0.2, 0.25) is 0 Å². The van der Waals surface area contributed by atoms with E-state index in [1.807, 2.05) is 0 Å². The Bertz CT molecular complexity index is 319. The smallest absolute Gasteiger partial charge is 0.0223 e. The maximum atomic E-state index is 3.65. The SMILES string of the molecule is CCn1ccc(CNC2CCCN(C)C2)c1. The Morgan fingerprint density at radius 3 is 3.06 bits per heavy atom. The van der Waals surface area contributed by atoms with Crippen LogP contribution < -0.4 is 5.32 Å². The molecule has 0 saturated carbocycles. The number of hydrogen-bond acceptors (Lipinski definition) is 2. The molecule has 1 saturated heterocycles. The van der Waals surface area contributed by atoms with E-state index >= 15 is 0 Å². The normalized spacial score (nSPS) is 22.5. The largest absolute Gasteiger partial charge is 0.354 e. The molecule has 1 fully saturated rings. The van der Waals surface area contributed by atoms with Crippen LogP contribution in [0.3, 0.4) is 0 Å². The Kier molecular flexibility index (Phi) is 4.02. The molecule has 16 heavy (non-hydrogen) atoms. The Balaban J connectivity index is 1.78. The highest BCUT2D eigenvalue weighted by molar-refractivity contribution is 5.10. The van der Waals surface area contributed by atoms with Crippen molar-refractivity contribution in [1.29, 1.82) is 0 Å². The minimum Gasteiger partial charge on any atom is -0.354 e. The van der Waals surface area contributed by atoms with Gasteiger partial charge in [0.05, 0.1) is 0 Å². The Morgan fingerprint density at radius 2 is 2.38 bits per heavy atom. The van der Waals surface area contributed by atoms with Crippen LogP contribution in [0.15, 0.2) is 18.5 Å². The molecular weight excluding hydrogens is 198 g/mol. The van der Waals surface area contributed by atoms with Gasteiger partial charge in [-0.25, -0.2) is 0 Å². The first-order valence-electron chi connectivity index (χ1n) is 6.34. The lowest BCUT2D eigenvalue weighted by Crippen LogP contribution is -2.43. The maximum Gasteiger partial charge on any atom is 0.0223 e. The number of aryl methyl sites for hydroxylation is 1. The summed E-state index contributed by atoms with van der Waals surface area (Å²) in [6, 6.07) is 2.88. The van der Waals surface area contributed by atoms with Crippen molar-refractivity contribution in [2.24, 2.45) is 0 Å². The number of hydrogen-bond donors (Lipinski definition) is 1. The molecule has 0 amide bonds. The van der Waals surface area contributed by atoms with E-state index in [9.17, 15) is 0 Å².